The standard InChI is InChI=1S/C14H22N2O4/c1-2-11(17)10-15-12(18)6-4-3-5-9-16-13(19)7-8-14(16)20/h7-8,11,17H,2-6,9-10H2,1H3,(H,15,18). The Balaban J connectivity index is 2.03. The maximum absolute atomic E-state index is 11.4. The van der Waals surface area contributed by atoms with Gasteiger partial charge < -0.3 is 10.4 Å². The smallest absolute Gasteiger partial charge is 0.253 e. The summed E-state index contributed by atoms with van der Waals surface area (Å²) in [6, 6.07) is 0. The number of unbranched alkanes of at least 4 members (excludes halogenated alkanes) is 2. The molecule has 0 aromatic heterocycles. The predicted octanol–water partition coefficient (Wildman–Crippen LogP) is 0.359. The number of imide groups is 1. The predicted molar refractivity (Wildman–Crippen MR) is 73.6 cm³/mol. The first kappa shape index (κ1) is 16.4. The molecule has 0 bridgehead atoms. The van der Waals surface area contributed by atoms with Crippen LogP contribution in [0.25, 0.3) is 0 Å². The number of hydrogen-bond acceptors (Lipinski definition) is 4. The van der Waals surface area contributed by atoms with Crippen LogP contribution < -0.4 is 5.32 Å². The van der Waals surface area contributed by atoms with Gasteiger partial charge in [0.15, 0.2) is 0 Å². The van der Waals surface area contributed by atoms with Crippen molar-refractivity contribution in [3.63, 3.8) is 0 Å². The van der Waals surface area contributed by atoms with Crippen LogP contribution >= 0.6 is 0 Å². The molecule has 1 unspecified atom stereocenters. The molecule has 1 aliphatic rings. The Labute approximate surface area is 118 Å². The molecule has 112 valence electrons. The maximum atomic E-state index is 11.4. The van der Waals surface area contributed by atoms with Crippen LogP contribution in [0, 0.1) is 0 Å². The molecule has 0 fully saturated rings. The number of aliphatic hydroxyl groups is 1. The quantitative estimate of drug-likeness (QED) is 0.472. The van der Waals surface area contributed by atoms with E-state index in [2.05, 4.69) is 5.32 Å². The Kier molecular flexibility index (Phi) is 6.93. The van der Waals surface area contributed by atoms with Gasteiger partial charge in [-0.15, -0.1) is 0 Å². The molecule has 0 spiro atoms. The van der Waals surface area contributed by atoms with Gasteiger partial charge in [0.1, 0.15) is 0 Å². The van der Waals surface area contributed by atoms with Crippen molar-refractivity contribution in [3.05, 3.63) is 12.2 Å². The lowest BCUT2D eigenvalue weighted by atomic mass is 10.1. The van der Waals surface area contributed by atoms with Crippen LogP contribution in [0.1, 0.15) is 39.0 Å². The average molecular weight is 282 g/mol. The van der Waals surface area contributed by atoms with Gasteiger partial charge in [-0.3, -0.25) is 19.3 Å². The van der Waals surface area contributed by atoms with Crippen molar-refractivity contribution in [3.8, 4) is 0 Å². The minimum Gasteiger partial charge on any atom is -0.391 e. The van der Waals surface area contributed by atoms with Gasteiger partial charge >= 0.3 is 0 Å². The van der Waals surface area contributed by atoms with Crippen molar-refractivity contribution in [1.82, 2.24) is 10.2 Å². The lowest BCUT2D eigenvalue weighted by Crippen LogP contribution is -2.32. The van der Waals surface area contributed by atoms with Crippen molar-refractivity contribution in [2.45, 2.75) is 45.1 Å². The lowest BCUT2D eigenvalue weighted by molar-refractivity contribution is -0.136. The number of carbonyl (C=O) groups excluding carboxylic acids is 3. The summed E-state index contributed by atoms with van der Waals surface area (Å²) in [6.45, 7) is 2.55. The number of carbonyl (C=O) groups is 3. The molecular weight excluding hydrogens is 260 g/mol. The summed E-state index contributed by atoms with van der Waals surface area (Å²) in [5.41, 5.74) is 0. The second-order valence-corrected chi connectivity index (χ2v) is 4.84. The summed E-state index contributed by atoms with van der Waals surface area (Å²) < 4.78 is 0. The van der Waals surface area contributed by atoms with Crippen molar-refractivity contribution >= 4 is 17.7 Å². The highest BCUT2D eigenvalue weighted by Crippen LogP contribution is 2.07. The topological polar surface area (TPSA) is 86.7 Å². The zero-order valence-electron chi connectivity index (χ0n) is 11.8. The summed E-state index contributed by atoms with van der Waals surface area (Å²) in [7, 11) is 0. The van der Waals surface area contributed by atoms with Gasteiger partial charge in [-0.1, -0.05) is 13.3 Å². The van der Waals surface area contributed by atoms with E-state index in [0.29, 0.717) is 32.2 Å². The number of aliphatic hydroxyl groups excluding tert-OH is 1. The molecule has 0 radical (unpaired) electrons. The van der Waals surface area contributed by atoms with Gasteiger partial charge in [-0.2, -0.15) is 0 Å². The van der Waals surface area contributed by atoms with Crippen LogP contribution in [0.4, 0.5) is 0 Å². The fourth-order valence-corrected chi connectivity index (χ4v) is 1.85. The molecule has 1 aliphatic heterocycles. The van der Waals surface area contributed by atoms with E-state index >= 15 is 0 Å². The molecule has 20 heavy (non-hydrogen) atoms. The van der Waals surface area contributed by atoms with E-state index in [1.807, 2.05) is 6.92 Å². The van der Waals surface area contributed by atoms with E-state index in [-0.39, 0.29) is 24.3 Å². The first-order valence-electron chi connectivity index (χ1n) is 7.03. The van der Waals surface area contributed by atoms with Crippen molar-refractivity contribution < 1.29 is 19.5 Å². The highest BCUT2D eigenvalue weighted by atomic mass is 16.3. The highest BCUT2D eigenvalue weighted by Gasteiger charge is 2.22. The summed E-state index contributed by atoms with van der Waals surface area (Å²) in [5.74, 6) is -0.602. The molecule has 3 amide bonds. The molecule has 0 saturated carbocycles. The van der Waals surface area contributed by atoms with Crippen molar-refractivity contribution in [2.24, 2.45) is 0 Å². The summed E-state index contributed by atoms with van der Waals surface area (Å²) in [4.78, 5) is 35.2. The number of nitrogens with one attached hydrogen (secondary N) is 1. The van der Waals surface area contributed by atoms with Gasteiger partial charge in [0.2, 0.25) is 5.91 Å². The fraction of sp³-hybridized carbons (Fsp3) is 0.643. The molecular formula is C14H22N2O4. The second kappa shape index (κ2) is 8.47. The molecule has 2 N–H and O–H groups in total. The van der Waals surface area contributed by atoms with Gasteiger partial charge in [-0.25, -0.2) is 0 Å². The van der Waals surface area contributed by atoms with Crippen LogP contribution in [0.2, 0.25) is 0 Å². The minimum absolute atomic E-state index is 0.0764. The zero-order valence-corrected chi connectivity index (χ0v) is 11.8. The SMILES string of the molecule is CCC(O)CNC(=O)CCCCCN1C(=O)C=CC1=O. The summed E-state index contributed by atoms with van der Waals surface area (Å²) in [5, 5.41) is 12.0. The number of amides is 3. The third-order valence-corrected chi connectivity index (χ3v) is 3.19. The zero-order chi connectivity index (χ0) is 15.0. The van der Waals surface area contributed by atoms with E-state index in [4.69, 9.17) is 0 Å². The molecule has 1 heterocycles. The third-order valence-electron chi connectivity index (χ3n) is 3.19. The Morgan fingerprint density at radius 2 is 1.90 bits per heavy atom. The van der Waals surface area contributed by atoms with Gasteiger partial charge in [0, 0.05) is 31.7 Å². The van der Waals surface area contributed by atoms with Crippen molar-refractivity contribution in [2.75, 3.05) is 13.1 Å². The molecule has 0 saturated heterocycles. The number of hydrogen-bond donors (Lipinski definition) is 2. The van der Waals surface area contributed by atoms with Crippen LogP contribution in [-0.2, 0) is 14.4 Å². The minimum atomic E-state index is -0.487. The monoisotopic (exact) mass is 282 g/mol. The summed E-state index contributed by atoms with van der Waals surface area (Å²) >= 11 is 0. The van der Waals surface area contributed by atoms with Gasteiger partial charge in [0.05, 0.1) is 6.10 Å². The molecule has 6 heteroatoms. The van der Waals surface area contributed by atoms with E-state index in [9.17, 15) is 19.5 Å². The molecule has 0 aromatic rings. The second-order valence-electron chi connectivity index (χ2n) is 4.84. The lowest BCUT2D eigenvalue weighted by Gasteiger charge is -2.13. The van der Waals surface area contributed by atoms with Gasteiger partial charge in [-0.05, 0) is 19.3 Å². The van der Waals surface area contributed by atoms with E-state index < -0.39 is 6.10 Å². The largest absolute Gasteiger partial charge is 0.391 e. The Morgan fingerprint density at radius 1 is 1.25 bits per heavy atom. The van der Waals surface area contributed by atoms with Crippen LogP contribution in [0.15, 0.2) is 12.2 Å². The molecule has 0 aromatic carbocycles. The van der Waals surface area contributed by atoms with Crippen LogP contribution in [0.5, 0.6) is 0 Å². The Morgan fingerprint density at radius 3 is 2.50 bits per heavy atom. The van der Waals surface area contributed by atoms with Crippen LogP contribution in [0.3, 0.4) is 0 Å². The molecule has 1 rings (SSSR count). The number of rotatable bonds is 9. The third kappa shape index (κ3) is 5.52. The fourth-order valence-electron chi connectivity index (χ4n) is 1.85. The normalized spacial score (nSPS) is 15.8. The summed E-state index contributed by atoms with van der Waals surface area (Å²) in [6.07, 6.45) is 5.26. The van der Waals surface area contributed by atoms with E-state index in [1.54, 1.807) is 0 Å². The van der Waals surface area contributed by atoms with E-state index in [1.165, 1.54) is 17.1 Å². The Bertz CT molecular complexity index is 375. The van der Waals surface area contributed by atoms with E-state index in [0.717, 1.165) is 6.42 Å². The molecule has 0 aliphatic carbocycles. The molecule has 6 nitrogen and oxygen atoms in total. The Hall–Kier alpha value is -1.69. The number of nitrogens with zero attached hydrogens (tertiary/aromatic N) is 1. The van der Waals surface area contributed by atoms with Gasteiger partial charge in [0.25, 0.3) is 11.8 Å². The molecule has 1 atom stereocenters. The van der Waals surface area contributed by atoms with Crippen molar-refractivity contribution in [1.29, 1.82) is 0 Å². The highest BCUT2D eigenvalue weighted by molar-refractivity contribution is 6.12. The maximum Gasteiger partial charge on any atom is 0.253 e. The van der Waals surface area contributed by atoms with Crippen LogP contribution in [-0.4, -0.2) is 46.9 Å². The first-order valence-corrected chi connectivity index (χ1v) is 7.03. The first-order chi connectivity index (χ1) is 9.54. The average Bonchev–Trinajstić information content (AvgIpc) is 2.75.